The van der Waals surface area contributed by atoms with Crippen molar-refractivity contribution in [3.05, 3.63) is 65.2 Å². The Kier molecular flexibility index (Phi) is 6.18. The minimum atomic E-state index is -0.850. The fourth-order valence-electron chi connectivity index (χ4n) is 4.23. The number of hydrogen-bond donors (Lipinski definition) is 0. The third-order valence-corrected chi connectivity index (χ3v) is 5.98. The van der Waals surface area contributed by atoms with E-state index < -0.39 is 23.7 Å². The Hall–Kier alpha value is -3.00. The Morgan fingerprint density at radius 2 is 1.81 bits per heavy atom. The monoisotopic (exact) mass is 430 g/mol. The van der Waals surface area contributed by atoms with Gasteiger partial charge < -0.3 is 9.47 Å². The lowest BCUT2D eigenvalue weighted by atomic mass is 9.86. The number of piperidine rings is 3. The lowest BCUT2D eigenvalue weighted by Crippen LogP contribution is -2.53. The second-order valence-corrected chi connectivity index (χ2v) is 7.93. The van der Waals surface area contributed by atoms with Crippen LogP contribution in [-0.2, 0) is 16.0 Å². The summed E-state index contributed by atoms with van der Waals surface area (Å²) in [5.41, 5.74) is 0.951. The summed E-state index contributed by atoms with van der Waals surface area (Å²) in [5, 5.41) is 0. The van der Waals surface area contributed by atoms with Crippen LogP contribution in [0.2, 0.25) is 0 Å². The molecule has 2 aromatic rings. The van der Waals surface area contributed by atoms with Gasteiger partial charge in [-0.05, 0) is 61.7 Å². The zero-order chi connectivity index (χ0) is 22.0. The van der Waals surface area contributed by atoms with E-state index in [2.05, 4.69) is 9.64 Å². The van der Waals surface area contributed by atoms with E-state index in [1.165, 1.54) is 18.1 Å². The number of hydrogen-bond acceptors (Lipinski definition) is 5. The number of benzene rings is 2. The summed E-state index contributed by atoms with van der Waals surface area (Å²) >= 11 is 0. The molecule has 0 N–H and O–H groups in total. The Morgan fingerprint density at radius 1 is 1.10 bits per heavy atom. The van der Waals surface area contributed by atoms with Crippen LogP contribution in [0.3, 0.4) is 0 Å². The van der Waals surface area contributed by atoms with Gasteiger partial charge in [0, 0.05) is 12.6 Å². The molecule has 2 bridgehead atoms. The maximum Gasteiger partial charge on any atom is 0.415 e. The van der Waals surface area contributed by atoms with Crippen molar-refractivity contribution in [2.75, 3.05) is 31.6 Å². The molecular formula is C23H24F2N2O4. The lowest BCUT2D eigenvalue weighted by molar-refractivity contribution is -0.0311. The van der Waals surface area contributed by atoms with Crippen LogP contribution in [0.15, 0.2) is 42.5 Å². The molecule has 164 valence electrons. The van der Waals surface area contributed by atoms with Gasteiger partial charge in [-0.25, -0.2) is 18.4 Å². The molecule has 0 spiro atoms. The molecule has 0 radical (unpaired) electrons. The molecule has 3 saturated heterocycles. The van der Waals surface area contributed by atoms with Gasteiger partial charge in [-0.2, -0.15) is 0 Å². The Labute approximate surface area is 179 Å². The van der Waals surface area contributed by atoms with Gasteiger partial charge in [0.15, 0.2) is 0 Å². The second kappa shape index (κ2) is 9.01. The van der Waals surface area contributed by atoms with Gasteiger partial charge in [0.1, 0.15) is 17.7 Å². The van der Waals surface area contributed by atoms with Crippen LogP contribution in [-0.4, -0.2) is 49.8 Å². The van der Waals surface area contributed by atoms with E-state index in [1.807, 2.05) is 0 Å². The van der Waals surface area contributed by atoms with Crippen LogP contribution in [0.5, 0.6) is 0 Å². The fraction of sp³-hybridized carbons (Fsp3) is 0.391. The standard InChI is InChI=1S/C23H24F2N2O4/c1-30-22(28)17-4-2-15(3-5-17)13-27(20-7-6-18(24)12-19(20)25)23(29)31-21-14-26-10-8-16(21)9-11-26/h2-7,12,16,21H,8-11,13-14H2,1H3/t21-/m0/s1. The van der Waals surface area contributed by atoms with E-state index in [1.54, 1.807) is 24.3 Å². The summed E-state index contributed by atoms with van der Waals surface area (Å²) in [4.78, 5) is 28.2. The van der Waals surface area contributed by atoms with Crippen LogP contribution in [0.4, 0.5) is 19.3 Å². The molecule has 5 rings (SSSR count). The molecule has 3 heterocycles. The van der Waals surface area contributed by atoms with Crippen molar-refractivity contribution in [1.29, 1.82) is 0 Å². The average Bonchev–Trinajstić information content (AvgIpc) is 2.78. The van der Waals surface area contributed by atoms with Gasteiger partial charge in [0.05, 0.1) is 24.9 Å². The minimum absolute atomic E-state index is 0.00391. The van der Waals surface area contributed by atoms with Crippen molar-refractivity contribution in [2.45, 2.75) is 25.5 Å². The van der Waals surface area contributed by atoms with Gasteiger partial charge in [-0.15, -0.1) is 0 Å². The van der Waals surface area contributed by atoms with Gasteiger partial charge >= 0.3 is 12.1 Å². The third-order valence-electron chi connectivity index (χ3n) is 5.98. The Balaban J connectivity index is 1.57. The van der Waals surface area contributed by atoms with Crippen molar-refractivity contribution < 1.29 is 27.8 Å². The van der Waals surface area contributed by atoms with E-state index in [4.69, 9.17) is 4.74 Å². The largest absolute Gasteiger partial charge is 0.465 e. The number of carbonyl (C=O) groups is 2. The molecule has 8 heteroatoms. The van der Waals surface area contributed by atoms with Crippen molar-refractivity contribution in [2.24, 2.45) is 5.92 Å². The van der Waals surface area contributed by atoms with E-state index in [9.17, 15) is 18.4 Å². The average molecular weight is 430 g/mol. The Morgan fingerprint density at radius 3 is 2.39 bits per heavy atom. The van der Waals surface area contributed by atoms with E-state index in [-0.39, 0.29) is 18.3 Å². The first-order valence-corrected chi connectivity index (χ1v) is 10.3. The van der Waals surface area contributed by atoms with Crippen molar-refractivity contribution in [3.8, 4) is 0 Å². The molecule has 1 atom stereocenters. The molecular weight excluding hydrogens is 406 g/mol. The highest BCUT2D eigenvalue weighted by molar-refractivity contribution is 5.90. The van der Waals surface area contributed by atoms with Crippen LogP contribution >= 0.6 is 0 Å². The van der Waals surface area contributed by atoms with Gasteiger partial charge in [-0.1, -0.05) is 12.1 Å². The minimum Gasteiger partial charge on any atom is -0.465 e. The predicted octanol–water partition coefficient (Wildman–Crippen LogP) is 3.99. The van der Waals surface area contributed by atoms with E-state index >= 15 is 0 Å². The van der Waals surface area contributed by atoms with E-state index in [0.29, 0.717) is 23.6 Å². The van der Waals surface area contributed by atoms with Crippen molar-refractivity contribution in [1.82, 2.24) is 4.90 Å². The third kappa shape index (κ3) is 4.69. The molecule has 0 aliphatic carbocycles. The van der Waals surface area contributed by atoms with Gasteiger partial charge in [0.2, 0.25) is 0 Å². The van der Waals surface area contributed by atoms with Crippen molar-refractivity contribution >= 4 is 17.7 Å². The molecule has 0 unspecified atom stereocenters. The number of anilines is 1. The lowest BCUT2D eigenvalue weighted by Gasteiger charge is -2.44. The molecule has 6 nitrogen and oxygen atoms in total. The summed E-state index contributed by atoms with van der Waals surface area (Å²) in [6.45, 7) is 2.68. The number of halogens is 2. The number of rotatable bonds is 5. The van der Waals surface area contributed by atoms with Crippen LogP contribution in [0, 0.1) is 17.6 Å². The molecule has 1 amide bonds. The Bertz CT molecular complexity index is 959. The summed E-state index contributed by atoms with van der Waals surface area (Å²) in [5.74, 6) is -1.76. The fourth-order valence-corrected chi connectivity index (χ4v) is 4.23. The quantitative estimate of drug-likeness (QED) is 0.672. The number of methoxy groups -OCH3 is 1. The molecule has 31 heavy (non-hydrogen) atoms. The molecule has 3 aliphatic heterocycles. The van der Waals surface area contributed by atoms with Crippen molar-refractivity contribution in [3.63, 3.8) is 0 Å². The first-order chi connectivity index (χ1) is 14.9. The van der Waals surface area contributed by atoms with E-state index in [0.717, 1.165) is 38.1 Å². The summed E-state index contributed by atoms with van der Waals surface area (Å²) in [6, 6.07) is 9.52. The number of nitrogens with zero attached hydrogens (tertiary/aromatic N) is 2. The highest BCUT2D eigenvalue weighted by Gasteiger charge is 2.37. The number of ether oxygens (including phenoxy) is 2. The summed E-state index contributed by atoms with van der Waals surface area (Å²) in [7, 11) is 1.29. The van der Waals surface area contributed by atoms with Gasteiger partial charge in [0.25, 0.3) is 0 Å². The maximum atomic E-state index is 14.5. The smallest absolute Gasteiger partial charge is 0.415 e. The highest BCUT2D eigenvalue weighted by Crippen LogP contribution is 2.31. The van der Waals surface area contributed by atoms with Crippen LogP contribution in [0.25, 0.3) is 0 Å². The number of amides is 1. The van der Waals surface area contributed by atoms with Crippen LogP contribution in [0.1, 0.15) is 28.8 Å². The second-order valence-electron chi connectivity index (χ2n) is 7.93. The first-order valence-electron chi connectivity index (χ1n) is 10.3. The zero-order valence-electron chi connectivity index (χ0n) is 17.2. The molecule has 0 saturated carbocycles. The van der Waals surface area contributed by atoms with Gasteiger partial charge in [-0.3, -0.25) is 9.80 Å². The molecule has 0 aromatic heterocycles. The predicted molar refractivity (Wildman–Crippen MR) is 110 cm³/mol. The SMILES string of the molecule is COC(=O)c1ccc(CN(C(=O)O[C@H]2CN3CCC2CC3)c2ccc(F)cc2F)cc1. The number of fused-ring (bicyclic) bond motifs is 3. The molecule has 3 fully saturated rings. The number of carbonyl (C=O) groups excluding carboxylic acids is 2. The molecule has 2 aromatic carbocycles. The zero-order valence-corrected chi connectivity index (χ0v) is 17.2. The highest BCUT2D eigenvalue weighted by atomic mass is 19.1. The summed E-state index contributed by atoms with van der Waals surface area (Å²) < 4.78 is 38.5. The first kappa shape index (κ1) is 21.2. The maximum absolute atomic E-state index is 14.5. The number of esters is 1. The summed E-state index contributed by atoms with van der Waals surface area (Å²) in [6.07, 6.45) is 1.01. The normalized spacial score (nSPS) is 22.1. The van der Waals surface area contributed by atoms with Crippen LogP contribution < -0.4 is 4.90 Å². The molecule has 3 aliphatic rings. The topological polar surface area (TPSA) is 59.1 Å².